The first-order chi connectivity index (χ1) is 8.27. The second-order valence-corrected chi connectivity index (χ2v) is 5.04. The lowest BCUT2D eigenvalue weighted by molar-refractivity contribution is 0.258. The van der Waals surface area contributed by atoms with E-state index >= 15 is 0 Å². The molecule has 1 aliphatic rings. The Kier molecular flexibility index (Phi) is 3.66. The van der Waals surface area contributed by atoms with Crippen LogP contribution in [0.5, 0.6) is 0 Å². The number of aliphatic imine (C=N–C) groups is 1. The van der Waals surface area contributed by atoms with Crippen LogP contribution in [0.4, 0.5) is 0 Å². The first kappa shape index (κ1) is 12.3. The molecule has 1 aromatic carbocycles. The molecule has 1 heterocycles. The maximum absolute atomic E-state index is 4.89. The highest BCUT2D eigenvalue weighted by Crippen LogP contribution is 2.45. The van der Waals surface area contributed by atoms with E-state index in [1.165, 1.54) is 12.0 Å². The van der Waals surface area contributed by atoms with E-state index in [-0.39, 0.29) is 5.54 Å². The Morgan fingerprint density at radius 1 is 1.06 bits per heavy atom. The lowest BCUT2D eigenvalue weighted by atomic mass is 9.72. The van der Waals surface area contributed by atoms with Crippen LogP contribution < -0.4 is 0 Å². The van der Waals surface area contributed by atoms with E-state index in [0.717, 1.165) is 12.8 Å². The molecule has 0 radical (unpaired) electrons. The second kappa shape index (κ2) is 5.03. The zero-order valence-electron chi connectivity index (χ0n) is 11.2. The van der Waals surface area contributed by atoms with Gasteiger partial charge in [-0.25, -0.2) is 0 Å². The van der Waals surface area contributed by atoms with Gasteiger partial charge < -0.3 is 0 Å². The first-order valence-electron chi connectivity index (χ1n) is 6.87. The van der Waals surface area contributed by atoms with E-state index in [2.05, 4.69) is 57.3 Å². The van der Waals surface area contributed by atoms with Gasteiger partial charge in [0, 0.05) is 12.1 Å². The Balaban J connectivity index is 2.31. The Labute approximate surface area is 105 Å². The summed E-state index contributed by atoms with van der Waals surface area (Å²) in [5.41, 5.74) is 1.61. The number of hydrogen-bond acceptors (Lipinski definition) is 1. The molecule has 1 aromatic rings. The fourth-order valence-corrected chi connectivity index (χ4v) is 3.35. The van der Waals surface area contributed by atoms with Crippen LogP contribution >= 0.6 is 0 Å². The van der Waals surface area contributed by atoms with Crippen LogP contribution in [0.1, 0.15) is 51.5 Å². The smallest absolute Gasteiger partial charge is 0.0636 e. The normalized spacial score (nSPS) is 26.3. The summed E-state index contributed by atoms with van der Waals surface area (Å²) in [6, 6.07) is 10.8. The third-order valence-corrected chi connectivity index (χ3v) is 4.46. The summed E-state index contributed by atoms with van der Waals surface area (Å²) in [6.07, 6.45) is 5.72. The van der Waals surface area contributed by atoms with Gasteiger partial charge >= 0.3 is 0 Å². The summed E-state index contributed by atoms with van der Waals surface area (Å²) in [5, 5.41) is 0. The van der Waals surface area contributed by atoms with E-state index in [1.54, 1.807) is 0 Å². The lowest BCUT2D eigenvalue weighted by Crippen LogP contribution is -2.33. The highest BCUT2D eigenvalue weighted by molar-refractivity contribution is 5.72. The predicted molar refractivity (Wildman–Crippen MR) is 74.8 cm³/mol. The molecule has 1 heteroatoms. The lowest BCUT2D eigenvalue weighted by Gasteiger charge is -2.33. The summed E-state index contributed by atoms with van der Waals surface area (Å²) in [7, 11) is 0. The predicted octanol–water partition coefficient (Wildman–Crippen LogP) is 4.44. The average molecular weight is 229 g/mol. The minimum absolute atomic E-state index is 0.190. The Morgan fingerprint density at radius 2 is 1.71 bits per heavy atom. The molecule has 2 rings (SSSR count). The molecule has 0 amide bonds. The van der Waals surface area contributed by atoms with Crippen molar-refractivity contribution in [2.24, 2.45) is 10.9 Å². The molecule has 0 fully saturated rings. The van der Waals surface area contributed by atoms with Crippen LogP contribution in [0.2, 0.25) is 0 Å². The van der Waals surface area contributed by atoms with Crippen LogP contribution in [0.25, 0.3) is 0 Å². The minimum Gasteiger partial charge on any atom is -0.290 e. The standard InChI is InChI=1S/C16H23N/c1-4-15-14(13-10-8-7-9-11-13)12-17-16(15,5-2)6-3/h7-12,14-15H,4-6H2,1-3H3. The van der Waals surface area contributed by atoms with Crippen molar-refractivity contribution in [3.8, 4) is 0 Å². The summed E-state index contributed by atoms with van der Waals surface area (Å²) < 4.78 is 0. The summed E-state index contributed by atoms with van der Waals surface area (Å²) in [6.45, 7) is 6.85. The maximum atomic E-state index is 4.89. The van der Waals surface area contributed by atoms with Gasteiger partial charge in [-0.15, -0.1) is 0 Å². The second-order valence-electron chi connectivity index (χ2n) is 5.04. The summed E-state index contributed by atoms with van der Waals surface area (Å²) >= 11 is 0. The van der Waals surface area contributed by atoms with Crippen molar-refractivity contribution in [1.29, 1.82) is 0 Å². The van der Waals surface area contributed by atoms with Gasteiger partial charge in [0.25, 0.3) is 0 Å². The SMILES string of the molecule is CCC1C(c2ccccc2)C=NC1(CC)CC. The number of benzene rings is 1. The highest BCUT2D eigenvalue weighted by Gasteiger charge is 2.42. The number of rotatable bonds is 4. The maximum Gasteiger partial charge on any atom is 0.0636 e. The molecule has 0 aromatic heterocycles. The molecule has 0 N–H and O–H groups in total. The van der Waals surface area contributed by atoms with Gasteiger partial charge in [0.05, 0.1) is 5.54 Å². The fraction of sp³-hybridized carbons (Fsp3) is 0.562. The molecule has 92 valence electrons. The summed E-state index contributed by atoms with van der Waals surface area (Å²) in [5.74, 6) is 1.18. The van der Waals surface area contributed by atoms with Gasteiger partial charge in [-0.3, -0.25) is 4.99 Å². The van der Waals surface area contributed by atoms with Crippen molar-refractivity contribution in [2.75, 3.05) is 0 Å². The van der Waals surface area contributed by atoms with Crippen molar-refractivity contribution in [1.82, 2.24) is 0 Å². The van der Waals surface area contributed by atoms with Crippen molar-refractivity contribution < 1.29 is 0 Å². The van der Waals surface area contributed by atoms with Gasteiger partial charge in [0.15, 0.2) is 0 Å². The molecule has 1 nitrogen and oxygen atoms in total. The minimum atomic E-state index is 0.190. The molecular formula is C16H23N. The molecule has 0 aliphatic carbocycles. The zero-order valence-corrected chi connectivity index (χ0v) is 11.2. The van der Waals surface area contributed by atoms with Crippen molar-refractivity contribution in [3.63, 3.8) is 0 Å². The third-order valence-electron chi connectivity index (χ3n) is 4.46. The Bertz CT molecular complexity index is 376. The molecule has 0 saturated heterocycles. The van der Waals surface area contributed by atoms with Gasteiger partial charge in [-0.05, 0) is 24.3 Å². The molecule has 0 saturated carbocycles. The Morgan fingerprint density at radius 3 is 2.24 bits per heavy atom. The van der Waals surface area contributed by atoms with Gasteiger partial charge in [-0.2, -0.15) is 0 Å². The van der Waals surface area contributed by atoms with Crippen LogP contribution in [0, 0.1) is 5.92 Å². The molecule has 1 aliphatic heterocycles. The van der Waals surface area contributed by atoms with Gasteiger partial charge in [0.2, 0.25) is 0 Å². The Hall–Kier alpha value is -1.11. The van der Waals surface area contributed by atoms with Crippen LogP contribution in [0.3, 0.4) is 0 Å². The molecule has 2 atom stereocenters. The van der Waals surface area contributed by atoms with E-state index in [9.17, 15) is 0 Å². The van der Waals surface area contributed by atoms with Crippen LogP contribution in [0.15, 0.2) is 35.3 Å². The molecule has 0 spiro atoms. The molecule has 17 heavy (non-hydrogen) atoms. The average Bonchev–Trinajstić information content (AvgIpc) is 2.78. The quantitative estimate of drug-likeness (QED) is 0.723. The van der Waals surface area contributed by atoms with Crippen LogP contribution in [-0.2, 0) is 0 Å². The number of hydrogen-bond donors (Lipinski definition) is 0. The van der Waals surface area contributed by atoms with Crippen molar-refractivity contribution in [3.05, 3.63) is 35.9 Å². The van der Waals surface area contributed by atoms with Crippen LogP contribution in [-0.4, -0.2) is 11.8 Å². The van der Waals surface area contributed by atoms with Crippen molar-refractivity contribution in [2.45, 2.75) is 51.5 Å². The number of nitrogens with zero attached hydrogens (tertiary/aromatic N) is 1. The molecule has 0 bridgehead atoms. The van der Waals surface area contributed by atoms with E-state index in [4.69, 9.17) is 4.99 Å². The monoisotopic (exact) mass is 229 g/mol. The largest absolute Gasteiger partial charge is 0.290 e. The molecular weight excluding hydrogens is 206 g/mol. The molecule has 2 unspecified atom stereocenters. The van der Waals surface area contributed by atoms with E-state index < -0.39 is 0 Å². The van der Waals surface area contributed by atoms with E-state index in [1.807, 2.05) is 0 Å². The highest BCUT2D eigenvalue weighted by atomic mass is 14.9. The summed E-state index contributed by atoms with van der Waals surface area (Å²) in [4.78, 5) is 4.89. The van der Waals surface area contributed by atoms with E-state index in [0.29, 0.717) is 11.8 Å². The fourth-order valence-electron chi connectivity index (χ4n) is 3.35. The van der Waals surface area contributed by atoms with Gasteiger partial charge in [-0.1, -0.05) is 57.5 Å². The third kappa shape index (κ3) is 2.03. The first-order valence-corrected chi connectivity index (χ1v) is 6.87. The zero-order chi connectivity index (χ0) is 12.3. The van der Waals surface area contributed by atoms with Gasteiger partial charge in [0.1, 0.15) is 0 Å². The van der Waals surface area contributed by atoms with Crippen molar-refractivity contribution >= 4 is 6.21 Å². The topological polar surface area (TPSA) is 12.4 Å².